The summed E-state index contributed by atoms with van der Waals surface area (Å²) in [6, 6.07) is 21.4. The number of nitrogens with zero attached hydrogens (tertiary/aromatic N) is 2. The minimum absolute atomic E-state index is 0.0837. The van der Waals surface area contributed by atoms with E-state index in [1.807, 2.05) is 50.2 Å². The van der Waals surface area contributed by atoms with E-state index < -0.39 is 10.0 Å². The molecule has 0 saturated carbocycles. The molecule has 0 aliphatic rings. The number of anilines is 1. The molecule has 0 N–H and O–H groups in total. The first kappa shape index (κ1) is 21.6. The molecule has 0 aliphatic carbocycles. The van der Waals surface area contributed by atoms with Gasteiger partial charge in [0, 0.05) is 26.2 Å². The molecule has 30 heavy (non-hydrogen) atoms. The predicted octanol–water partition coefficient (Wildman–Crippen LogP) is 4.40. The maximum absolute atomic E-state index is 13.1. The number of sulfonamides is 1. The first-order chi connectivity index (χ1) is 14.2. The monoisotopic (exact) mass is 422 g/mol. The minimum Gasteiger partial charge on any atom is -0.337 e. The number of carbonyl (C=O) groups is 1. The summed E-state index contributed by atoms with van der Waals surface area (Å²) >= 11 is 0. The van der Waals surface area contributed by atoms with E-state index in [2.05, 4.69) is 0 Å². The second-order valence-corrected chi connectivity index (χ2v) is 9.46. The Morgan fingerprint density at radius 3 is 2.17 bits per heavy atom. The van der Waals surface area contributed by atoms with Crippen LogP contribution in [0.2, 0.25) is 0 Å². The van der Waals surface area contributed by atoms with Gasteiger partial charge in [-0.25, -0.2) is 8.42 Å². The van der Waals surface area contributed by atoms with Crippen molar-refractivity contribution in [2.24, 2.45) is 0 Å². The van der Waals surface area contributed by atoms with Gasteiger partial charge in [0.05, 0.1) is 10.6 Å². The van der Waals surface area contributed by atoms with Gasteiger partial charge in [-0.15, -0.1) is 0 Å². The topological polar surface area (TPSA) is 57.7 Å². The van der Waals surface area contributed by atoms with Crippen molar-refractivity contribution >= 4 is 21.6 Å². The highest BCUT2D eigenvalue weighted by atomic mass is 32.2. The fourth-order valence-corrected chi connectivity index (χ4v) is 4.46. The molecule has 5 nitrogen and oxygen atoms in total. The van der Waals surface area contributed by atoms with Crippen molar-refractivity contribution in [1.29, 1.82) is 0 Å². The Bertz CT molecular complexity index is 1160. The van der Waals surface area contributed by atoms with Crippen molar-refractivity contribution in [3.05, 3.63) is 95.1 Å². The van der Waals surface area contributed by atoms with Crippen LogP contribution >= 0.6 is 0 Å². The number of rotatable bonds is 6. The van der Waals surface area contributed by atoms with Crippen molar-refractivity contribution in [1.82, 2.24) is 4.90 Å². The highest BCUT2D eigenvalue weighted by molar-refractivity contribution is 7.92. The quantitative estimate of drug-likeness (QED) is 0.592. The SMILES string of the molecule is Cc1ccc(N(C)S(=O)(=O)c2cccc(C(=O)N(C)Cc3cccc(C)c3)c2)cc1. The summed E-state index contributed by atoms with van der Waals surface area (Å²) in [5, 5.41) is 0. The van der Waals surface area contributed by atoms with E-state index in [-0.39, 0.29) is 10.8 Å². The van der Waals surface area contributed by atoms with Crippen LogP contribution in [-0.4, -0.2) is 33.3 Å². The highest BCUT2D eigenvalue weighted by Crippen LogP contribution is 2.23. The summed E-state index contributed by atoms with van der Waals surface area (Å²) in [5.74, 6) is -0.230. The summed E-state index contributed by atoms with van der Waals surface area (Å²) in [6.07, 6.45) is 0. The Morgan fingerprint density at radius 2 is 1.50 bits per heavy atom. The Morgan fingerprint density at radius 1 is 0.833 bits per heavy atom. The first-order valence-electron chi connectivity index (χ1n) is 9.65. The largest absolute Gasteiger partial charge is 0.337 e. The summed E-state index contributed by atoms with van der Waals surface area (Å²) in [7, 11) is -0.564. The molecule has 6 heteroatoms. The maximum atomic E-state index is 13.1. The van der Waals surface area contributed by atoms with E-state index in [1.165, 1.54) is 23.5 Å². The van der Waals surface area contributed by atoms with E-state index in [4.69, 9.17) is 0 Å². The molecule has 0 bridgehead atoms. The van der Waals surface area contributed by atoms with Gasteiger partial charge < -0.3 is 4.90 Å². The summed E-state index contributed by atoms with van der Waals surface area (Å²) in [6.45, 7) is 4.39. The zero-order valence-electron chi connectivity index (χ0n) is 17.7. The normalized spacial score (nSPS) is 11.2. The second-order valence-electron chi connectivity index (χ2n) is 7.49. The van der Waals surface area contributed by atoms with Crippen LogP contribution in [0.3, 0.4) is 0 Å². The minimum atomic E-state index is -3.79. The van der Waals surface area contributed by atoms with Crippen LogP contribution in [-0.2, 0) is 16.6 Å². The highest BCUT2D eigenvalue weighted by Gasteiger charge is 2.23. The molecular formula is C24H26N2O3S. The van der Waals surface area contributed by atoms with Crippen LogP contribution in [0.1, 0.15) is 27.0 Å². The lowest BCUT2D eigenvalue weighted by Gasteiger charge is -2.21. The molecule has 0 saturated heterocycles. The van der Waals surface area contributed by atoms with Gasteiger partial charge in [-0.2, -0.15) is 0 Å². The van der Waals surface area contributed by atoms with Gasteiger partial charge in [0.1, 0.15) is 0 Å². The Hall–Kier alpha value is -3.12. The van der Waals surface area contributed by atoms with E-state index in [1.54, 1.807) is 36.2 Å². The molecule has 0 aliphatic heterocycles. The molecule has 0 unspecified atom stereocenters. The van der Waals surface area contributed by atoms with Gasteiger partial charge in [-0.3, -0.25) is 9.10 Å². The van der Waals surface area contributed by atoms with Crippen molar-refractivity contribution < 1.29 is 13.2 Å². The average Bonchev–Trinajstić information content (AvgIpc) is 2.73. The van der Waals surface area contributed by atoms with Crippen LogP contribution in [0, 0.1) is 13.8 Å². The van der Waals surface area contributed by atoms with E-state index in [0.29, 0.717) is 17.8 Å². The lowest BCUT2D eigenvalue weighted by atomic mass is 10.1. The number of hydrogen-bond acceptors (Lipinski definition) is 3. The number of amides is 1. The summed E-state index contributed by atoms with van der Waals surface area (Å²) < 4.78 is 27.4. The standard InChI is InChI=1S/C24H26N2O3S/c1-18-11-13-22(14-12-18)26(4)30(28,29)23-10-6-9-21(16-23)24(27)25(3)17-20-8-5-7-19(2)15-20/h5-16H,17H2,1-4H3. The van der Waals surface area contributed by atoms with Crippen LogP contribution in [0.4, 0.5) is 5.69 Å². The third kappa shape index (κ3) is 4.71. The van der Waals surface area contributed by atoms with Crippen molar-refractivity contribution in [3.63, 3.8) is 0 Å². The van der Waals surface area contributed by atoms with E-state index in [0.717, 1.165) is 16.7 Å². The molecule has 3 aromatic carbocycles. The molecule has 156 valence electrons. The summed E-state index contributed by atoms with van der Waals surface area (Å²) in [4.78, 5) is 14.6. The van der Waals surface area contributed by atoms with Gasteiger partial charge in [0.25, 0.3) is 15.9 Å². The lowest BCUT2D eigenvalue weighted by molar-refractivity contribution is 0.0785. The van der Waals surface area contributed by atoms with Crippen LogP contribution in [0.5, 0.6) is 0 Å². The van der Waals surface area contributed by atoms with Gasteiger partial charge in [0.2, 0.25) is 0 Å². The maximum Gasteiger partial charge on any atom is 0.264 e. The first-order valence-corrected chi connectivity index (χ1v) is 11.1. The van der Waals surface area contributed by atoms with Crippen LogP contribution in [0.25, 0.3) is 0 Å². The van der Waals surface area contributed by atoms with Crippen LogP contribution < -0.4 is 4.31 Å². The van der Waals surface area contributed by atoms with Gasteiger partial charge >= 0.3 is 0 Å². The second kappa shape index (κ2) is 8.71. The zero-order valence-corrected chi connectivity index (χ0v) is 18.5. The predicted molar refractivity (Wildman–Crippen MR) is 120 cm³/mol. The third-order valence-corrected chi connectivity index (χ3v) is 6.77. The lowest BCUT2D eigenvalue weighted by Crippen LogP contribution is -2.28. The van der Waals surface area contributed by atoms with E-state index >= 15 is 0 Å². The fourth-order valence-electron chi connectivity index (χ4n) is 3.22. The van der Waals surface area contributed by atoms with Gasteiger partial charge in [-0.05, 0) is 49.7 Å². The molecule has 0 aromatic heterocycles. The fraction of sp³-hybridized carbons (Fsp3) is 0.208. The van der Waals surface area contributed by atoms with Crippen molar-refractivity contribution in [2.75, 3.05) is 18.4 Å². The molecule has 0 atom stereocenters. The van der Waals surface area contributed by atoms with E-state index in [9.17, 15) is 13.2 Å². The Balaban J connectivity index is 1.83. The Labute approximate surface area is 178 Å². The van der Waals surface area contributed by atoms with Gasteiger partial charge in [0.15, 0.2) is 0 Å². The van der Waals surface area contributed by atoms with Crippen molar-refractivity contribution in [3.8, 4) is 0 Å². The molecule has 0 heterocycles. The molecule has 1 amide bonds. The average molecular weight is 423 g/mol. The summed E-state index contributed by atoms with van der Waals surface area (Å²) in [5.41, 5.74) is 4.10. The molecule has 0 spiro atoms. The number of aryl methyl sites for hydroxylation is 2. The zero-order chi connectivity index (χ0) is 21.9. The number of hydrogen-bond donors (Lipinski definition) is 0. The van der Waals surface area contributed by atoms with Crippen LogP contribution in [0.15, 0.2) is 77.7 Å². The van der Waals surface area contributed by atoms with Crippen molar-refractivity contribution in [2.45, 2.75) is 25.3 Å². The molecular weight excluding hydrogens is 396 g/mol. The Kier molecular flexibility index (Phi) is 6.27. The third-order valence-electron chi connectivity index (χ3n) is 4.99. The molecule has 0 radical (unpaired) electrons. The van der Waals surface area contributed by atoms with Gasteiger partial charge in [-0.1, -0.05) is 53.6 Å². The molecule has 3 aromatic rings. The number of carbonyl (C=O) groups excluding carboxylic acids is 1. The number of benzene rings is 3. The smallest absolute Gasteiger partial charge is 0.264 e. The molecule has 0 fully saturated rings. The molecule has 3 rings (SSSR count).